The van der Waals surface area contributed by atoms with Gasteiger partial charge >= 0.3 is 0 Å². The summed E-state index contributed by atoms with van der Waals surface area (Å²) in [5.41, 5.74) is 13.4. The number of hydrogen-bond donors (Lipinski definition) is 1. The van der Waals surface area contributed by atoms with Crippen LogP contribution in [0.1, 0.15) is 33.1 Å². The minimum Gasteiger partial charge on any atom is -0.318 e. The quantitative estimate of drug-likeness (QED) is 0.639. The van der Waals surface area contributed by atoms with Crippen LogP contribution in [0.2, 0.25) is 0 Å². The lowest BCUT2D eigenvalue weighted by Gasteiger charge is -2.47. The summed E-state index contributed by atoms with van der Waals surface area (Å²) in [5, 5.41) is 0. The highest BCUT2D eigenvalue weighted by Crippen LogP contribution is 2.50. The van der Waals surface area contributed by atoms with E-state index in [1.165, 1.54) is 27.9 Å². The Morgan fingerprint density at radius 1 is 1.44 bits per heavy atom. The number of hydrogen-bond acceptors (Lipinski definition) is 1. The summed E-state index contributed by atoms with van der Waals surface area (Å²) in [5.74, 6) is 0.506. The van der Waals surface area contributed by atoms with Crippen LogP contribution in [0.15, 0.2) is 58.7 Å². The highest BCUT2D eigenvalue weighted by atomic mass is 14.8. The predicted octanol–water partition coefficient (Wildman–Crippen LogP) is 3.81. The molecule has 3 aliphatic rings. The average Bonchev–Trinajstić information content (AvgIpc) is 2.26. The fraction of sp³-hybridized carbons (Fsp3) is 0.412. The van der Waals surface area contributed by atoms with Gasteiger partial charge in [0.15, 0.2) is 0 Å². The van der Waals surface area contributed by atoms with Crippen LogP contribution in [-0.2, 0) is 0 Å². The van der Waals surface area contributed by atoms with Crippen molar-refractivity contribution in [3.63, 3.8) is 0 Å². The first-order chi connectivity index (χ1) is 8.54. The second kappa shape index (κ2) is 3.83. The molecule has 0 spiro atoms. The van der Waals surface area contributed by atoms with Crippen molar-refractivity contribution >= 4 is 0 Å². The normalized spacial score (nSPS) is 36.8. The highest BCUT2D eigenvalue weighted by Gasteiger charge is 2.44. The fourth-order valence-electron chi connectivity index (χ4n) is 3.92. The van der Waals surface area contributed by atoms with E-state index in [4.69, 9.17) is 5.73 Å². The number of rotatable bonds is 0. The largest absolute Gasteiger partial charge is 0.318 e. The second-order valence-electron chi connectivity index (χ2n) is 5.90. The second-order valence-corrected chi connectivity index (χ2v) is 5.90. The molecule has 0 fully saturated rings. The predicted molar refractivity (Wildman–Crippen MR) is 77.1 cm³/mol. The molecule has 0 aromatic rings. The van der Waals surface area contributed by atoms with Gasteiger partial charge in [0.2, 0.25) is 0 Å². The average molecular weight is 239 g/mol. The first-order valence-electron chi connectivity index (χ1n) is 6.76. The third-order valence-corrected chi connectivity index (χ3v) is 4.52. The van der Waals surface area contributed by atoms with Crippen LogP contribution >= 0.6 is 0 Å². The molecule has 0 heterocycles. The molecule has 3 aliphatic carbocycles. The molecule has 0 radical (unpaired) electrons. The molecular weight excluding hydrogens is 218 g/mol. The molecule has 2 bridgehead atoms. The zero-order valence-electron chi connectivity index (χ0n) is 11.3. The van der Waals surface area contributed by atoms with Crippen molar-refractivity contribution in [2.45, 2.75) is 38.6 Å². The summed E-state index contributed by atoms with van der Waals surface area (Å²) in [7, 11) is 0. The van der Waals surface area contributed by atoms with Gasteiger partial charge in [0, 0.05) is 5.92 Å². The van der Waals surface area contributed by atoms with E-state index in [-0.39, 0.29) is 5.54 Å². The van der Waals surface area contributed by atoms with Crippen LogP contribution in [0.5, 0.6) is 0 Å². The van der Waals surface area contributed by atoms with E-state index in [1.54, 1.807) is 0 Å². The van der Waals surface area contributed by atoms with Gasteiger partial charge in [0.25, 0.3) is 0 Å². The van der Waals surface area contributed by atoms with E-state index < -0.39 is 0 Å². The van der Waals surface area contributed by atoms with Crippen molar-refractivity contribution in [1.82, 2.24) is 0 Å². The molecule has 0 saturated carbocycles. The van der Waals surface area contributed by atoms with Crippen LogP contribution in [0, 0.1) is 5.92 Å². The van der Waals surface area contributed by atoms with Crippen LogP contribution in [0.3, 0.4) is 0 Å². The first-order valence-corrected chi connectivity index (χ1v) is 6.76. The van der Waals surface area contributed by atoms with Crippen molar-refractivity contribution < 1.29 is 0 Å². The van der Waals surface area contributed by atoms with Crippen molar-refractivity contribution in [1.29, 1.82) is 0 Å². The Balaban J connectivity index is 2.17. The Morgan fingerprint density at radius 2 is 2.22 bits per heavy atom. The Kier molecular flexibility index (Phi) is 2.49. The summed E-state index contributed by atoms with van der Waals surface area (Å²) in [6.07, 6.45) is 12.1. The molecule has 0 aromatic carbocycles. The third kappa shape index (κ3) is 1.50. The Bertz CT molecular complexity index is 542. The van der Waals surface area contributed by atoms with Crippen molar-refractivity contribution in [2.24, 2.45) is 11.7 Å². The molecule has 0 amide bonds. The van der Waals surface area contributed by atoms with Gasteiger partial charge in [-0.2, -0.15) is 0 Å². The lowest BCUT2D eigenvalue weighted by molar-refractivity contribution is 0.455. The number of allylic oxidation sites excluding steroid dienone is 5. The molecule has 0 saturated heterocycles. The third-order valence-electron chi connectivity index (χ3n) is 4.52. The topological polar surface area (TPSA) is 26.0 Å². The van der Waals surface area contributed by atoms with Gasteiger partial charge in [-0.05, 0) is 44.3 Å². The van der Waals surface area contributed by atoms with E-state index in [9.17, 15) is 0 Å². The van der Waals surface area contributed by atoms with Crippen molar-refractivity contribution in [3.05, 3.63) is 58.7 Å². The maximum absolute atomic E-state index is 6.80. The van der Waals surface area contributed by atoms with E-state index in [1.807, 2.05) is 0 Å². The van der Waals surface area contributed by atoms with E-state index in [0.717, 1.165) is 19.3 Å². The van der Waals surface area contributed by atoms with E-state index in [2.05, 4.69) is 44.7 Å². The molecule has 18 heavy (non-hydrogen) atoms. The molecule has 0 aliphatic heterocycles. The number of nitrogens with two attached hydrogens (primary N) is 1. The minimum atomic E-state index is -0.261. The standard InChI is InChI=1S/C17H21N/c1-4-15-13-8-12(3)10-17(15,18)16-6-5-11(2)7-14(16)9-13/h4-6,8,13H,2,7,9-10,18H2,1,3H3/b15-4+. The maximum Gasteiger partial charge on any atom is 0.0668 e. The van der Waals surface area contributed by atoms with Crippen LogP contribution in [0.25, 0.3) is 0 Å². The summed E-state index contributed by atoms with van der Waals surface area (Å²) >= 11 is 0. The minimum absolute atomic E-state index is 0.261. The maximum atomic E-state index is 6.80. The van der Waals surface area contributed by atoms with E-state index >= 15 is 0 Å². The van der Waals surface area contributed by atoms with Gasteiger partial charge < -0.3 is 5.73 Å². The van der Waals surface area contributed by atoms with Crippen molar-refractivity contribution in [3.8, 4) is 0 Å². The van der Waals surface area contributed by atoms with Gasteiger partial charge in [0.1, 0.15) is 0 Å². The molecule has 2 N–H and O–H groups in total. The molecule has 2 unspecified atom stereocenters. The van der Waals surface area contributed by atoms with Gasteiger partial charge in [-0.25, -0.2) is 0 Å². The lowest BCUT2D eigenvalue weighted by Crippen LogP contribution is -2.50. The fourth-order valence-corrected chi connectivity index (χ4v) is 3.92. The van der Waals surface area contributed by atoms with Crippen LogP contribution in [-0.4, -0.2) is 5.54 Å². The Hall–Kier alpha value is -1.34. The lowest BCUT2D eigenvalue weighted by atomic mass is 9.61. The molecule has 1 heteroatoms. The molecular formula is C17H21N. The Labute approximate surface area is 109 Å². The van der Waals surface area contributed by atoms with Crippen LogP contribution in [0.4, 0.5) is 0 Å². The zero-order chi connectivity index (χ0) is 12.9. The molecule has 1 nitrogen and oxygen atoms in total. The monoisotopic (exact) mass is 239 g/mol. The smallest absolute Gasteiger partial charge is 0.0668 e. The molecule has 3 rings (SSSR count). The SMILES string of the molecule is C=C1C=CC2=C(C1)CC1C=C(C)CC2(N)/C1=C/C. The molecule has 2 atom stereocenters. The summed E-state index contributed by atoms with van der Waals surface area (Å²) in [6.45, 7) is 8.41. The van der Waals surface area contributed by atoms with E-state index in [0.29, 0.717) is 5.92 Å². The summed E-state index contributed by atoms with van der Waals surface area (Å²) in [4.78, 5) is 0. The van der Waals surface area contributed by atoms with Gasteiger partial charge in [-0.15, -0.1) is 0 Å². The number of fused-ring (bicyclic) bond motifs is 3. The van der Waals surface area contributed by atoms with Gasteiger partial charge in [-0.1, -0.05) is 47.6 Å². The Morgan fingerprint density at radius 3 is 2.94 bits per heavy atom. The van der Waals surface area contributed by atoms with Gasteiger partial charge in [-0.3, -0.25) is 0 Å². The summed E-state index contributed by atoms with van der Waals surface area (Å²) in [6, 6.07) is 0. The first kappa shape index (κ1) is 11.7. The highest BCUT2D eigenvalue weighted by molar-refractivity contribution is 5.57. The van der Waals surface area contributed by atoms with Crippen molar-refractivity contribution in [2.75, 3.05) is 0 Å². The molecule has 0 aromatic heterocycles. The zero-order valence-corrected chi connectivity index (χ0v) is 11.3. The van der Waals surface area contributed by atoms with Gasteiger partial charge in [0.05, 0.1) is 5.54 Å². The molecule has 94 valence electrons. The van der Waals surface area contributed by atoms with Crippen LogP contribution < -0.4 is 5.73 Å². The summed E-state index contributed by atoms with van der Waals surface area (Å²) < 4.78 is 0.